The molecule has 0 spiro atoms. The maximum Gasteiger partial charge on any atom is 0.132 e. The van der Waals surface area contributed by atoms with E-state index in [2.05, 4.69) is 36.2 Å². The summed E-state index contributed by atoms with van der Waals surface area (Å²) >= 11 is 0. The van der Waals surface area contributed by atoms with Crippen LogP contribution in [0.3, 0.4) is 0 Å². The highest BCUT2D eigenvalue weighted by atomic mass is 16.5. The van der Waals surface area contributed by atoms with Crippen molar-refractivity contribution in [3.8, 4) is 23.3 Å². The van der Waals surface area contributed by atoms with Gasteiger partial charge in [0.1, 0.15) is 17.1 Å². The first-order valence-corrected chi connectivity index (χ1v) is 10.9. The summed E-state index contributed by atoms with van der Waals surface area (Å²) < 4.78 is 10.6. The molecular weight excluding hydrogens is 398 g/mol. The highest BCUT2D eigenvalue weighted by Crippen LogP contribution is 2.43. The van der Waals surface area contributed by atoms with E-state index in [9.17, 15) is 5.11 Å². The zero-order valence-electron chi connectivity index (χ0n) is 18.7. The number of aliphatic hydroxyl groups is 1. The Bertz CT molecular complexity index is 1080. The van der Waals surface area contributed by atoms with E-state index >= 15 is 0 Å². The van der Waals surface area contributed by atoms with E-state index in [4.69, 9.17) is 9.47 Å². The first kappa shape index (κ1) is 22.0. The van der Waals surface area contributed by atoms with Crippen molar-refractivity contribution < 1.29 is 14.6 Å². The van der Waals surface area contributed by atoms with Crippen molar-refractivity contribution in [3.63, 3.8) is 0 Å². The zero-order valence-corrected chi connectivity index (χ0v) is 18.7. The van der Waals surface area contributed by atoms with Crippen molar-refractivity contribution in [1.29, 1.82) is 0 Å². The van der Waals surface area contributed by atoms with Gasteiger partial charge in [0.2, 0.25) is 0 Å². The minimum atomic E-state index is -1.16. The molecule has 1 aliphatic rings. The normalized spacial score (nSPS) is 24.8. The molecule has 1 heterocycles. The van der Waals surface area contributed by atoms with Crippen molar-refractivity contribution in [2.24, 2.45) is 5.92 Å². The van der Waals surface area contributed by atoms with Crippen molar-refractivity contribution in [2.45, 2.75) is 31.0 Å². The van der Waals surface area contributed by atoms with Crippen LogP contribution in [-0.4, -0.2) is 24.9 Å². The van der Waals surface area contributed by atoms with Gasteiger partial charge in [-0.1, -0.05) is 61.2 Å². The van der Waals surface area contributed by atoms with Gasteiger partial charge in [-0.2, -0.15) is 0 Å². The monoisotopic (exact) mass is 427 g/mol. The third-order valence-corrected chi connectivity index (χ3v) is 6.34. The number of ether oxygens (including phenoxy) is 2. The Morgan fingerprint density at radius 1 is 0.844 bits per heavy atom. The summed E-state index contributed by atoms with van der Waals surface area (Å²) in [5.41, 5.74) is 1.93. The molecule has 0 radical (unpaired) electrons. The van der Waals surface area contributed by atoms with Gasteiger partial charge >= 0.3 is 0 Å². The Balaban J connectivity index is 1.71. The van der Waals surface area contributed by atoms with Crippen LogP contribution >= 0.6 is 0 Å². The summed E-state index contributed by atoms with van der Waals surface area (Å²) in [4.78, 5) is 0. The van der Waals surface area contributed by atoms with Crippen molar-refractivity contribution in [3.05, 3.63) is 95.6 Å². The highest BCUT2D eigenvalue weighted by molar-refractivity contribution is 5.39. The maximum atomic E-state index is 11.8. The van der Waals surface area contributed by atoms with E-state index in [1.165, 1.54) is 0 Å². The Kier molecular flexibility index (Phi) is 6.50. The van der Waals surface area contributed by atoms with Gasteiger partial charge in [-0.25, -0.2) is 0 Å². The Morgan fingerprint density at radius 2 is 1.41 bits per heavy atom. The minimum Gasteiger partial charge on any atom is -0.497 e. The molecule has 1 fully saturated rings. The molecule has 0 aliphatic carbocycles. The zero-order chi connectivity index (χ0) is 22.6. The Morgan fingerprint density at radius 3 is 1.97 bits per heavy atom. The van der Waals surface area contributed by atoms with Crippen LogP contribution in [0.25, 0.3) is 0 Å². The third kappa shape index (κ3) is 4.65. The SMILES string of the molecule is COc1ccc([C@@H]2C[C@](O)(C#Cc3ccccc3)[C@@H](C)[C@@H](c3ccc(OC)cc3)N2)cc1. The molecule has 0 saturated carbocycles. The Hall–Kier alpha value is -3.26. The standard InChI is InChI=1S/C28H29NO3/c1-20-27(23-11-15-25(32-3)16-12-23)29-26(22-9-13-24(31-2)14-10-22)19-28(20,30)18-17-21-7-5-4-6-8-21/h4-16,20,26-27,29-30H,19H2,1-3H3/t20-,26-,27-,28+/m0/s1. The van der Waals surface area contributed by atoms with Crippen LogP contribution in [-0.2, 0) is 0 Å². The fraction of sp³-hybridized carbons (Fsp3) is 0.286. The van der Waals surface area contributed by atoms with Gasteiger partial charge in [-0.15, -0.1) is 0 Å². The fourth-order valence-corrected chi connectivity index (χ4v) is 4.31. The van der Waals surface area contributed by atoms with Crippen molar-refractivity contribution in [1.82, 2.24) is 5.32 Å². The van der Waals surface area contributed by atoms with Gasteiger partial charge in [-0.05, 0) is 47.5 Å². The van der Waals surface area contributed by atoms with Crippen LogP contribution in [0.5, 0.6) is 11.5 Å². The number of hydrogen-bond donors (Lipinski definition) is 2. The molecule has 1 saturated heterocycles. The van der Waals surface area contributed by atoms with E-state index in [1.54, 1.807) is 14.2 Å². The molecule has 32 heavy (non-hydrogen) atoms. The predicted molar refractivity (Wildman–Crippen MR) is 127 cm³/mol. The van der Waals surface area contributed by atoms with Gasteiger partial charge in [0.25, 0.3) is 0 Å². The van der Waals surface area contributed by atoms with Crippen molar-refractivity contribution >= 4 is 0 Å². The molecule has 0 aromatic heterocycles. The second-order valence-corrected chi connectivity index (χ2v) is 8.28. The highest BCUT2D eigenvalue weighted by Gasteiger charge is 2.45. The molecule has 164 valence electrons. The number of nitrogens with one attached hydrogen (secondary N) is 1. The maximum absolute atomic E-state index is 11.8. The second kappa shape index (κ2) is 9.48. The molecule has 0 unspecified atom stereocenters. The summed E-state index contributed by atoms with van der Waals surface area (Å²) in [6, 6.07) is 25.7. The fourth-order valence-electron chi connectivity index (χ4n) is 4.31. The minimum absolute atomic E-state index is 0.0562. The van der Waals surface area contributed by atoms with Gasteiger partial charge in [0.05, 0.1) is 14.2 Å². The molecule has 4 heteroatoms. The summed E-state index contributed by atoms with van der Waals surface area (Å²) in [7, 11) is 3.32. The van der Waals surface area contributed by atoms with Crippen LogP contribution in [0.15, 0.2) is 78.9 Å². The molecule has 4 atom stereocenters. The lowest BCUT2D eigenvalue weighted by Crippen LogP contribution is -2.51. The van der Waals surface area contributed by atoms with E-state index in [0.29, 0.717) is 6.42 Å². The van der Waals surface area contributed by atoms with Gasteiger partial charge in [0, 0.05) is 30.0 Å². The first-order valence-electron chi connectivity index (χ1n) is 10.9. The molecule has 1 aliphatic heterocycles. The van der Waals surface area contributed by atoms with Gasteiger partial charge in [0.15, 0.2) is 0 Å². The van der Waals surface area contributed by atoms with E-state index in [0.717, 1.165) is 28.2 Å². The summed E-state index contributed by atoms with van der Waals surface area (Å²) in [6.45, 7) is 2.06. The molecule has 4 rings (SSSR count). The van der Waals surface area contributed by atoms with Crippen LogP contribution < -0.4 is 14.8 Å². The number of methoxy groups -OCH3 is 2. The van der Waals surface area contributed by atoms with E-state index in [-0.39, 0.29) is 18.0 Å². The average molecular weight is 428 g/mol. The topological polar surface area (TPSA) is 50.7 Å². The lowest BCUT2D eigenvalue weighted by Gasteiger charge is -2.45. The van der Waals surface area contributed by atoms with Crippen LogP contribution in [0.2, 0.25) is 0 Å². The molecule has 2 N–H and O–H groups in total. The largest absolute Gasteiger partial charge is 0.497 e. The second-order valence-electron chi connectivity index (χ2n) is 8.28. The summed E-state index contributed by atoms with van der Waals surface area (Å²) in [6.07, 6.45) is 0.493. The molecule has 0 bridgehead atoms. The van der Waals surface area contributed by atoms with E-state index < -0.39 is 5.60 Å². The quantitative estimate of drug-likeness (QED) is 0.582. The third-order valence-electron chi connectivity index (χ3n) is 6.34. The van der Waals surface area contributed by atoms with Crippen LogP contribution in [0.4, 0.5) is 0 Å². The molecule has 3 aromatic carbocycles. The number of hydrogen-bond acceptors (Lipinski definition) is 4. The van der Waals surface area contributed by atoms with Gasteiger partial charge in [-0.3, -0.25) is 0 Å². The lowest BCUT2D eigenvalue weighted by molar-refractivity contribution is -0.0196. The van der Waals surface area contributed by atoms with Gasteiger partial charge < -0.3 is 19.9 Å². The van der Waals surface area contributed by atoms with E-state index in [1.807, 2.05) is 66.7 Å². The molecule has 0 amide bonds. The predicted octanol–water partition coefficient (Wildman–Crippen LogP) is 4.90. The summed E-state index contributed by atoms with van der Waals surface area (Å²) in [5, 5.41) is 15.6. The first-order chi connectivity index (χ1) is 15.5. The number of piperidine rings is 1. The molecular formula is C28H29NO3. The average Bonchev–Trinajstić information content (AvgIpc) is 2.85. The number of benzene rings is 3. The van der Waals surface area contributed by atoms with Crippen LogP contribution in [0, 0.1) is 17.8 Å². The Labute approximate surface area is 190 Å². The molecule has 3 aromatic rings. The van der Waals surface area contributed by atoms with Crippen molar-refractivity contribution in [2.75, 3.05) is 14.2 Å². The smallest absolute Gasteiger partial charge is 0.132 e. The van der Waals surface area contributed by atoms with Crippen LogP contribution in [0.1, 0.15) is 42.1 Å². The molecule has 4 nitrogen and oxygen atoms in total. The summed E-state index contributed by atoms with van der Waals surface area (Å²) in [5.74, 6) is 7.92. The number of rotatable bonds is 4. The lowest BCUT2D eigenvalue weighted by atomic mass is 9.72.